The molecule has 31 heavy (non-hydrogen) atoms. The van der Waals surface area contributed by atoms with Gasteiger partial charge in [-0.25, -0.2) is 0 Å². The summed E-state index contributed by atoms with van der Waals surface area (Å²) in [5.74, 6) is -0.420. The maximum Gasteiger partial charge on any atom is 0.269 e. The Kier molecular flexibility index (Phi) is 8.60. The van der Waals surface area contributed by atoms with Crippen molar-refractivity contribution in [2.24, 2.45) is 0 Å². The molecule has 14 heteroatoms. The van der Waals surface area contributed by atoms with E-state index in [0.29, 0.717) is 11.4 Å². The topological polar surface area (TPSA) is 151 Å². The highest BCUT2D eigenvalue weighted by molar-refractivity contribution is 7.81. The van der Waals surface area contributed by atoms with Gasteiger partial charge >= 0.3 is 0 Å². The summed E-state index contributed by atoms with van der Waals surface area (Å²) in [7, 11) is 0. The van der Waals surface area contributed by atoms with E-state index in [4.69, 9.17) is 24.4 Å². The van der Waals surface area contributed by atoms with Crippen molar-refractivity contribution in [2.45, 2.75) is 6.04 Å². The molecular weight excluding hydrogens is 464 g/mol. The van der Waals surface area contributed by atoms with Crippen molar-refractivity contribution in [2.75, 3.05) is 16.4 Å². The third-order valence-electron chi connectivity index (χ3n) is 3.71. The molecule has 0 radical (unpaired) electrons. The fraction of sp³-hybridized carbons (Fsp3) is 0.118. The number of nitrogens with one attached hydrogen (secondary N) is 4. The Labute approximate surface area is 192 Å². The molecule has 0 aliphatic heterocycles. The second-order valence-electron chi connectivity index (χ2n) is 5.88. The van der Waals surface area contributed by atoms with Crippen molar-refractivity contribution >= 4 is 75.9 Å². The van der Waals surface area contributed by atoms with Gasteiger partial charge in [0.05, 0.1) is 9.85 Å². The SMILES string of the molecule is O=C(NC(=S)Nc1ccc([N+](=O)[O-])cc1)[C@H](CS)NC(=S)Nc1ccc([N+](=O)[O-])cc1. The minimum Gasteiger partial charge on any atom is -0.350 e. The molecule has 2 aromatic rings. The maximum atomic E-state index is 12.4. The van der Waals surface area contributed by atoms with Crippen LogP contribution in [0.1, 0.15) is 0 Å². The number of benzene rings is 2. The van der Waals surface area contributed by atoms with Crippen LogP contribution in [-0.4, -0.2) is 37.8 Å². The molecule has 0 spiro atoms. The van der Waals surface area contributed by atoms with Crippen LogP contribution in [-0.2, 0) is 4.79 Å². The molecule has 0 saturated heterocycles. The zero-order valence-corrected chi connectivity index (χ0v) is 18.1. The zero-order chi connectivity index (χ0) is 23.0. The van der Waals surface area contributed by atoms with E-state index in [9.17, 15) is 25.0 Å². The number of thiocarbonyl (C=S) groups is 2. The first-order valence-corrected chi connectivity index (χ1v) is 9.93. The number of nitro groups is 2. The number of hydrogen-bond donors (Lipinski definition) is 5. The maximum absolute atomic E-state index is 12.4. The van der Waals surface area contributed by atoms with Gasteiger partial charge in [0.25, 0.3) is 11.4 Å². The van der Waals surface area contributed by atoms with Gasteiger partial charge in [-0.1, -0.05) is 0 Å². The fourth-order valence-corrected chi connectivity index (χ4v) is 2.95. The minimum absolute atomic E-state index is 0.0123. The molecule has 0 fully saturated rings. The van der Waals surface area contributed by atoms with Crippen molar-refractivity contribution in [1.29, 1.82) is 0 Å². The first kappa shape index (κ1) is 23.9. The smallest absolute Gasteiger partial charge is 0.269 e. The molecule has 0 bridgehead atoms. The van der Waals surface area contributed by atoms with Gasteiger partial charge in [-0.3, -0.25) is 25.0 Å². The van der Waals surface area contributed by atoms with Gasteiger partial charge in [0, 0.05) is 41.4 Å². The molecule has 4 N–H and O–H groups in total. The number of nitro benzene ring substituents is 2. The Morgan fingerprint density at radius 1 is 0.871 bits per heavy atom. The lowest BCUT2D eigenvalue weighted by Crippen LogP contribution is -2.51. The number of amides is 1. The van der Waals surface area contributed by atoms with E-state index in [1.54, 1.807) is 0 Å². The van der Waals surface area contributed by atoms with Crippen LogP contribution < -0.4 is 21.3 Å². The highest BCUT2D eigenvalue weighted by Crippen LogP contribution is 2.16. The molecule has 1 amide bonds. The van der Waals surface area contributed by atoms with Crippen molar-refractivity contribution in [1.82, 2.24) is 10.6 Å². The van der Waals surface area contributed by atoms with Gasteiger partial charge in [-0.05, 0) is 48.7 Å². The molecule has 0 saturated carbocycles. The van der Waals surface area contributed by atoms with Gasteiger partial charge in [0.15, 0.2) is 10.2 Å². The van der Waals surface area contributed by atoms with Crippen molar-refractivity contribution in [3.05, 3.63) is 68.8 Å². The standard InChI is InChI=1S/C17H16N6O5S3/c24-15(21-17(31)19-11-3-7-13(8-4-11)23(27)28)14(9-29)20-16(30)18-10-1-5-12(6-2-10)22(25)26/h1-8,14,29H,9H2,(H2,18,20,30)(H2,19,21,24,31)/t14-/m0/s1. The second-order valence-corrected chi connectivity index (χ2v) is 7.07. The average molecular weight is 481 g/mol. The highest BCUT2D eigenvalue weighted by Gasteiger charge is 2.19. The Balaban J connectivity index is 1.88. The van der Waals surface area contributed by atoms with E-state index in [-0.39, 0.29) is 27.4 Å². The third-order valence-corrected chi connectivity index (χ3v) is 4.50. The Morgan fingerprint density at radius 3 is 1.68 bits per heavy atom. The van der Waals surface area contributed by atoms with Crippen LogP contribution in [0.25, 0.3) is 0 Å². The summed E-state index contributed by atoms with van der Waals surface area (Å²) in [6, 6.07) is 10.3. The molecule has 0 aromatic heterocycles. The molecule has 1 atom stereocenters. The summed E-state index contributed by atoms with van der Waals surface area (Å²) in [5.41, 5.74) is 0.818. The van der Waals surface area contributed by atoms with E-state index in [2.05, 4.69) is 33.9 Å². The first-order valence-electron chi connectivity index (χ1n) is 8.48. The predicted octanol–water partition coefficient (Wildman–Crippen LogP) is 2.60. The largest absolute Gasteiger partial charge is 0.350 e. The quantitative estimate of drug-likeness (QED) is 0.173. The van der Waals surface area contributed by atoms with Crippen LogP contribution in [0.4, 0.5) is 22.7 Å². The van der Waals surface area contributed by atoms with Crippen LogP contribution >= 0.6 is 37.1 Å². The van der Waals surface area contributed by atoms with Crippen LogP contribution in [0, 0.1) is 20.2 Å². The molecular formula is C17H16N6O5S3. The Morgan fingerprint density at radius 2 is 1.29 bits per heavy atom. The molecule has 0 aliphatic carbocycles. The number of non-ortho nitro benzene ring substituents is 2. The summed E-state index contributed by atoms with van der Waals surface area (Å²) >= 11 is 14.4. The number of hydrogen-bond acceptors (Lipinski definition) is 8. The molecule has 162 valence electrons. The van der Waals surface area contributed by atoms with Crippen molar-refractivity contribution < 1.29 is 14.6 Å². The van der Waals surface area contributed by atoms with E-state index >= 15 is 0 Å². The molecule has 0 heterocycles. The van der Waals surface area contributed by atoms with E-state index in [0.717, 1.165) is 0 Å². The van der Waals surface area contributed by atoms with Crippen LogP contribution in [0.3, 0.4) is 0 Å². The minimum atomic E-state index is -0.835. The average Bonchev–Trinajstić information content (AvgIpc) is 2.72. The highest BCUT2D eigenvalue weighted by atomic mass is 32.1. The third kappa shape index (κ3) is 7.44. The number of nitrogens with zero attached hydrogens (tertiary/aromatic N) is 2. The molecule has 0 aliphatic rings. The normalized spacial score (nSPS) is 11.0. The molecule has 0 unspecified atom stereocenters. The molecule has 2 aromatic carbocycles. The predicted molar refractivity (Wildman–Crippen MR) is 128 cm³/mol. The first-order chi connectivity index (χ1) is 14.7. The zero-order valence-electron chi connectivity index (χ0n) is 15.6. The van der Waals surface area contributed by atoms with E-state index in [1.165, 1.54) is 48.5 Å². The van der Waals surface area contributed by atoms with Gasteiger partial charge in [0.2, 0.25) is 5.91 Å². The summed E-state index contributed by atoms with van der Waals surface area (Å²) in [6.07, 6.45) is 0. The monoisotopic (exact) mass is 480 g/mol. The van der Waals surface area contributed by atoms with Crippen LogP contribution in [0.2, 0.25) is 0 Å². The van der Waals surface area contributed by atoms with Crippen molar-refractivity contribution in [3.8, 4) is 0 Å². The lowest BCUT2D eigenvalue weighted by atomic mass is 10.3. The number of carbonyl (C=O) groups excluding carboxylic acids is 1. The van der Waals surface area contributed by atoms with Gasteiger partial charge in [-0.15, -0.1) is 0 Å². The fourth-order valence-electron chi connectivity index (χ4n) is 2.21. The summed E-state index contributed by atoms with van der Waals surface area (Å²) < 4.78 is 0. The molecule has 11 nitrogen and oxygen atoms in total. The van der Waals surface area contributed by atoms with E-state index in [1.807, 2.05) is 0 Å². The number of thiol groups is 1. The van der Waals surface area contributed by atoms with Crippen molar-refractivity contribution in [3.63, 3.8) is 0 Å². The Hall–Kier alpha value is -3.36. The second kappa shape index (κ2) is 11.1. The summed E-state index contributed by atoms with van der Waals surface area (Å²) in [5, 5.41) is 32.3. The number of carbonyl (C=O) groups is 1. The lowest BCUT2D eigenvalue weighted by Gasteiger charge is -2.19. The lowest BCUT2D eigenvalue weighted by molar-refractivity contribution is -0.385. The van der Waals surface area contributed by atoms with E-state index < -0.39 is 21.8 Å². The van der Waals surface area contributed by atoms with Gasteiger partial charge in [-0.2, -0.15) is 12.6 Å². The van der Waals surface area contributed by atoms with Gasteiger partial charge in [0.1, 0.15) is 6.04 Å². The van der Waals surface area contributed by atoms with Crippen LogP contribution in [0.5, 0.6) is 0 Å². The summed E-state index contributed by atoms with van der Waals surface area (Å²) in [4.78, 5) is 32.7. The number of rotatable bonds is 7. The van der Waals surface area contributed by atoms with Crippen LogP contribution in [0.15, 0.2) is 48.5 Å². The summed E-state index contributed by atoms with van der Waals surface area (Å²) in [6.45, 7) is 0. The van der Waals surface area contributed by atoms with Gasteiger partial charge < -0.3 is 21.3 Å². The number of anilines is 2. The Bertz CT molecular complexity index is 1000. The molecule has 2 rings (SSSR count).